The first-order valence-corrected chi connectivity index (χ1v) is 7.52. The molecule has 7 heteroatoms. The molecule has 0 aromatic carbocycles. The van der Waals surface area contributed by atoms with Gasteiger partial charge in [-0.25, -0.2) is 15.8 Å². The molecule has 2 heterocycles. The molecule has 1 saturated heterocycles. The number of hydrazine groups is 1. The third-order valence-corrected chi connectivity index (χ3v) is 4.13. The van der Waals surface area contributed by atoms with E-state index in [9.17, 15) is 0 Å². The number of hydrogen-bond acceptors (Lipinski definition) is 7. The van der Waals surface area contributed by atoms with Crippen molar-refractivity contribution in [2.45, 2.75) is 26.3 Å². The molecule has 1 aliphatic rings. The fourth-order valence-electron chi connectivity index (χ4n) is 2.57. The number of nitrogens with two attached hydrogens (primary N) is 1. The second kappa shape index (κ2) is 7.02. The number of rotatable bonds is 5. The Morgan fingerprint density at radius 3 is 2.62 bits per heavy atom. The van der Waals surface area contributed by atoms with Crippen LogP contribution >= 0.6 is 0 Å². The van der Waals surface area contributed by atoms with Gasteiger partial charge in [-0.3, -0.25) is 4.90 Å². The molecule has 0 saturated carbocycles. The molecule has 1 atom stereocenters. The zero-order chi connectivity index (χ0) is 15.4. The lowest BCUT2D eigenvalue weighted by Crippen LogP contribution is -2.52. The normalized spacial score (nSPS) is 20.5. The van der Waals surface area contributed by atoms with Crippen molar-refractivity contribution in [2.75, 3.05) is 51.0 Å². The summed E-state index contributed by atoms with van der Waals surface area (Å²) in [5.74, 6) is 7.90. The smallest absolute Gasteiger partial charge is 0.148 e. The zero-order valence-electron chi connectivity index (χ0n) is 13.5. The Labute approximate surface area is 126 Å². The molecule has 118 valence electrons. The van der Waals surface area contributed by atoms with E-state index in [1.807, 2.05) is 13.8 Å². The highest BCUT2D eigenvalue weighted by Gasteiger charge is 2.22. The molecule has 2 rings (SSSR count). The van der Waals surface area contributed by atoms with Crippen LogP contribution < -0.4 is 16.6 Å². The fraction of sp³-hybridized carbons (Fsp3) is 0.714. The predicted molar refractivity (Wildman–Crippen MR) is 86.4 cm³/mol. The van der Waals surface area contributed by atoms with Crippen LogP contribution in [0.1, 0.15) is 18.3 Å². The van der Waals surface area contributed by atoms with Crippen LogP contribution in [0.3, 0.4) is 0 Å². The number of nitrogens with one attached hydrogen (secondary N) is 2. The molecular formula is C14H27N7. The molecule has 1 unspecified atom stereocenters. The Kier molecular flexibility index (Phi) is 5.33. The highest BCUT2D eigenvalue weighted by Crippen LogP contribution is 2.20. The van der Waals surface area contributed by atoms with Crippen molar-refractivity contribution in [1.82, 2.24) is 19.8 Å². The van der Waals surface area contributed by atoms with Crippen LogP contribution in [-0.2, 0) is 6.42 Å². The SMILES string of the molecule is CCc1nc(NN)c(C)c(NCC2CN(C)CCN2C)n1. The molecular weight excluding hydrogens is 266 g/mol. The quantitative estimate of drug-likeness (QED) is 0.532. The average molecular weight is 293 g/mol. The Balaban J connectivity index is 2.08. The third-order valence-electron chi connectivity index (χ3n) is 4.13. The van der Waals surface area contributed by atoms with E-state index in [0.717, 1.165) is 49.8 Å². The first-order valence-electron chi connectivity index (χ1n) is 7.52. The van der Waals surface area contributed by atoms with E-state index in [0.29, 0.717) is 11.9 Å². The van der Waals surface area contributed by atoms with Crippen molar-refractivity contribution in [3.63, 3.8) is 0 Å². The van der Waals surface area contributed by atoms with E-state index in [1.54, 1.807) is 0 Å². The molecule has 4 N–H and O–H groups in total. The summed E-state index contributed by atoms with van der Waals surface area (Å²) in [4.78, 5) is 13.7. The molecule has 0 radical (unpaired) electrons. The summed E-state index contributed by atoms with van der Waals surface area (Å²) < 4.78 is 0. The highest BCUT2D eigenvalue weighted by atomic mass is 15.3. The summed E-state index contributed by atoms with van der Waals surface area (Å²) >= 11 is 0. The molecule has 0 spiro atoms. The number of nitrogen functional groups attached to an aromatic ring is 1. The number of aryl methyl sites for hydroxylation is 1. The molecule has 0 bridgehead atoms. The summed E-state index contributed by atoms with van der Waals surface area (Å²) in [6.07, 6.45) is 0.787. The molecule has 1 aromatic heterocycles. The van der Waals surface area contributed by atoms with Gasteiger partial charge in [-0.2, -0.15) is 0 Å². The lowest BCUT2D eigenvalue weighted by atomic mass is 10.2. The van der Waals surface area contributed by atoms with Crippen LogP contribution in [0, 0.1) is 6.92 Å². The molecule has 0 amide bonds. The minimum absolute atomic E-state index is 0.484. The van der Waals surface area contributed by atoms with Gasteiger partial charge >= 0.3 is 0 Å². The van der Waals surface area contributed by atoms with Gasteiger partial charge in [-0.1, -0.05) is 6.92 Å². The third kappa shape index (κ3) is 3.81. The van der Waals surface area contributed by atoms with Crippen LogP contribution in [0.5, 0.6) is 0 Å². The monoisotopic (exact) mass is 293 g/mol. The number of likely N-dealkylation sites (N-methyl/N-ethyl adjacent to an activating group) is 2. The van der Waals surface area contributed by atoms with E-state index in [2.05, 4.69) is 44.6 Å². The van der Waals surface area contributed by atoms with Crippen LogP contribution in [0.15, 0.2) is 0 Å². The van der Waals surface area contributed by atoms with Crippen LogP contribution in [0.4, 0.5) is 11.6 Å². The van der Waals surface area contributed by atoms with Gasteiger partial charge in [0, 0.05) is 44.2 Å². The standard InChI is InChI=1S/C14H27N7/c1-5-12-17-13(10(2)14(18-12)19-15)16-8-11-9-20(3)6-7-21(11)4/h11H,5-9,15H2,1-4H3,(H2,16,17,18,19). The van der Waals surface area contributed by atoms with Gasteiger partial charge in [0.1, 0.15) is 17.5 Å². The number of piperazine rings is 1. The maximum absolute atomic E-state index is 5.54. The van der Waals surface area contributed by atoms with E-state index in [4.69, 9.17) is 5.84 Å². The van der Waals surface area contributed by atoms with Crippen molar-refractivity contribution in [2.24, 2.45) is 5.84 Å². The Bertz CT molecular complexity index is 477. The Morgan fingerprint density at radius 2 is 1.95 bits per heavy atom. The minimum atomic E-state index is 0.484. The first kappa shape index (κ1) is 15.9. The van der Waals surface area contributed by atoms with Gasteiger partial charge in [0.25, 0.3) is 0 Å². The number of nitrogens with zero attached hydrogens (tertiary/aromatic N) is 4. The van der Waals surface area contributed by atoms with Crippen molar-refractivity contribution in [3.05, 3.63) is 11.4 Å². The van der Waals surface area contributed by atoms with Crippen molar-refractivity contribution in [1.29, 1.82) is 0 Å². The van der Waals surface area contributed by atoms with Gasteiger partial charge in [0.15, 0.2) is 0 Å². The highest BCUT2D eigenvalue weighted by molar-refractivity contribution is 5.56. The summed E-state index contributed by atoms with van der Waals surface area (Å²) in [5.41, 5.74) is 3.61. The second-order valence-corrected chi connectivity index (χ2v) is 5.74. The first-order chi connectivity index (χ1) is 10.0. The Hall–Kier alpha value is -1.44. The zero-order valence-corrected chi connectivity index (χ0v) is 13.5. The van der Waals surface area contributed by atoms with Gasteiger partial charge in [0.2, 0.25) is 0 Å². The number of aromatic nitrogens is 2. The maximum Gasteiger partial charge on any atom is 0.148 e. The fourth-order valence-corrected chi connectivity index (χ4v) is 2.57. The largest absolute Gasteiger partial charge is 0.368 e. The summed E-state index contributed by atoms with van der Waals surface area (Å²) in [6.45, 7) is 8.18. The summed E-state index contributed by atoms with van der Waals surface area (Å²) in [7, 11) is 4.35. The molecule has 21 heavy (non-hydrogen) atoms. The van der Waals surface area contributed by atoms with Gasteiger partial charge in [-0.05, 0) is 21.0 Å². The Morgan fingerprint density at radius 1 is 1.24 bits per heavy atom. The van der Waals surface area contributed by atoms with Crippen LogP contribution in [-0.4, -0.2) is 66.1 Å². The van der Waals surface area contributed by atoms with E-state index in [-0.39, 0.29) is 0 Å². The summed E-state index contributed by atoms with van der Waals surface area (Å²) in [5, 5.41) is 3.47. The van der Waals surface area contributed by atoms with E-state index < -0.39 is 0 Å². The van der Waals surface area contributed by atoms with Crippen LogP contribution in [0.2, 0.25) is 0 Å². The predicted octanol–water partition coefficient (Wildman–Crippen LogP) is 0.291. The van der Waals surface area contributed by atoms with Crippen molar-refractivity contribution < 1.29 is 0 Å². The minimum Gasteiger partial charge on any atom is -0.368 e. The van der Waals surface area contributed by atoms with E-state index in [1.165, 1.54) is 0 Å². The summed E-state index contributed by atoms with van der Waals surface area (Å²) in [6, 6.07) is 0.484. The number of hydrogen-bond donors (Lipinski definition) is 3. The molecule has 1 aliphatic heterocycles. The van der Waals surface area contributed by atoms with Crippen LogP contribution in [0.25, 0.3) is 0 Å². The van der Waals surface area contributed by atoms with Gasteiger partial charge in [0.05, 0.1) is 0 Å². The van der Waals surface area contributed by atoms with E-state index >= 15 is 0 Å². The maximum atomic E-state index is 5.54. The van der Waals surface area contributed by atoms with Crippen molar-refractivity contribution >= 4 is 11.6 Å². The van der Waals surface area contributed by atoms with Gasteiger partial charge < -0.3 is 15.6 Å². The van der Waals surface area contributed by atoms with Gasteiger partial charge in [-0.15, -0.1) is 0 Å². The van der Waals surface area contributed by atoms with Crippen molar-refractivity contribution in [3.8, 4) is 0 Å². The lowest BCUT2D eigenvalue weighted by Gasteiger charge is -2.37. The average Bonchev–Trinajstić information content (AvgIpc) is 2.49. The molecule has 0 aliphatic carbocycles. The lowest BCUT2D eigenvalue weighted by molar-refractivity contribution is 0.122. The molecule has 1 aromatic rings. The number of anilines is 2. The molecule has 7 nitrogen and oxygen atoms in total. The topological polar surface area (TPSA) is 82.3 Å². The second-order valence-electron chi connectivity index (χ2n) is 5.74. The molecule has 1 fully saturated rings.